The molecule has 5 nitrogen and oxygen atoms in total. The Kier molecular flexibility index (Phi) is 3.97. The minimum Gasteiger partial charge on any atom is -0.481 e. The average molecular weight is 276 g/mol. The molecule has 5 heteroatoms. The van der Waals surface area contributed by atoms with Crippen LogP contribution in [-0.4, -0.2) is 29.2 Å². The smallest absolute Gasteiger partial charge is 0.322 e. The molecule has 0 aromatic heterocycles. The number of amides is 2. The number of nitrogens with one attached hydrogen (secondary N) is 1. The van der Waals surface area contributed by atoms with Crippen LogP contribution in [0, 0.1) is 6.92 Å². The molecule has 1 aromatic rings. The molecule has 20 heavy (non-hydrogen) atoms. The number of para-hydroxylation sites is 1. The number of nitrogens with zero attached hydrogens (tertiary/aromatic N) is 1. The van der Waals surface area contributed by atoms with Crippen molar-refractivity contribution in [1.82, 2.24) is 5.32 Å². The lowest BCUT2D eigenvalue weighted by molar-refractivity contribution is -0.136. The molecule has 1 saturated carbocycles. The maximum atomic E-state index is 12.4. The van der Waals surface area contributed by atoms with Crippen LogP contribution in [0.1, 0.15) is 31.7 Å². The quantitative estimate of drug-likeness (QED) is 0.868. The molecular weight excluding hydrogens is 256 g/mol. The van der Waals surface area contributed by atoms with E-state index in [1.807, 2.05) is 38.1 Å². The van der Waals surface area contributed by atoms with Gasteiger partial charge in [0, 0.05) is 17.8 Å². The van der Waals surface area contributed by atoms with E-state index in [4.69, 9.17) is 5.11 Å². The van der Waals surface area contributed by atoms with Crippen molar-refractivity contribution in [2.24, 2.45) is 0 Å². The van der Waals surface area contributed by atoms with E-state index in [0.29, 0.717) is 0 Å². The van der Waals surface area contributed by atoms with Crippen LogP contribution in [0.5, 0.6) is 0 Å². The van der Waals surface area contributed by atoms with E-state index < -0.39 is 5.97 Å². The third-order valence-electron chi connectivity index (χ3n) is 3.61. The molecule has 0 saturated heterocycles. The molecule has 2 rings (SSSR count). The number of urea groups is 1. The lowest BCUT2D eigenvalue weighted by atomic mass is 10.2. The van der Waals surface area contributed by atoms with E-state index >= 15 is 0 Å². The summed E-state index contributed by atoms with van der Waals surface area (Å²) < 4.78 is 0. The topological polar surface area (TPSA) is 69.6 Å². The molecule has 2 N–H and O–H groups in total. The standard InChI is InChI=1S/C15H20N2O3/c1-11-5-3-4-6-12(11)17(10-7-13(18)19)14(20)16-15(2)8-9-15/h3-6H,7-10H2,1-2H3,(H,16,20)(H,18,19). The third-order valence-corrected chi connectivity index (χ3v) is 3.61. The molecule has 0 aliphatic heterocycles. The summed E-state index contributed by atoms with van der Waals surface area (Å²) in [4.78, 5) is 24.7. The van der Waals surface area contributed by atoms with Gasteiger partial charge in [0.25, 0.3) is 0 Å². The van der Waals surface area contributed by atoms with Gasteiger partial charge in [-0.1, -0.05) is 18.2 Å². The van der Waals surface area contributed by atoms with Crippen LogP contribution in [0.4, 0.5) is 10.5 Å². The number of rotatable bonds is 5. The monoisotopic (exact) mass is 276 g/mol. The van der Waals surface area contributed by atoms with Gasteiger partial charge < -0.3 is 10.4 Å². The minimum atomic E-state index is -0.908. The first kappa shape index (κ1) is 14.4. The summed E-state index contributed by atoms with van der Waals surface area (Å²) in [6, 6.07) is 7.28. The van der Waals surface area contributed by atoms with E-state index in [2.05, 4.69) is 5.32 Å². The maximum Gasteiger partial charge on any atom is 0.322 e. The predicted molar refractivity (Wildman–Crippen MR) is 76.9 cm³/mol. The molecule has 1 fully saturated rings. The van der Waals surface area contributed by atoms with Crippen molar-refractivity contribution < 1.29 is 14.7 Å². The maximum absolute atomic E-state index is 12.4. The number of anilines is 1. The van der Waals surface area contributed by atoms with Crippen LogP contribution in [0.2, 0.25) is 0 Å². The Morgan fingerprint density at radius 3 is 2.55 bits per heavy atom. The number of carbonyl (C=O) groups is 2. The van der Waals surface area contributed by atoms with Gasteiger partial charge in [0.05, 0.1) is 6.42 Å². The second kappa shape index (κ2) is 5.53. The van der Waals surface area contributed by atoms with E-state index in [9.17, 15) is 9.59 Å². The SMILES string of the molecule is Cc1ccccc1N(CCC(=O)O)C(=O)NC1(C)CC1. The number of hydrogen-bond acceptors (Lipinski definition) is 2. The van der Waals surface area contributed by atoms with Gasteiger partial charge in [-0.05, 0) is 38.3 Å². The molecule has 2 amide bonds. The molecule has 0 heterocycles. The summed E-state index contributed by atoms with van der Waals surface area (Å²) >= 11 is 0. The fourth-order valence-corrected chi connectivity index (χ4v) is 2.04. The fraction of sp³-hybridized carbons (Fsp3) is 0.467. The molecular formula is C15H20N2O3. The van der Waals surface area contributed by atoms with Crippen molar-refractivity contribution in [2.75, 3.05) is 11.4 Å². The van der Waals surface area contributed by atoms with Crippen LogP contribution in [-0.2, 0) is 4.79 Å². The molecule has 1 aliphatic carbocycles. The molecule has 0 bridgehead atoms. The molecule has 0 radical (unpaired) electrons. The Bertz CT molecular complexity index is 524. The first-order chi connectivity index (χ1) is 9.41. The number of hydrogen-bond donors (Lipinski definition) is 2. The van der Waals surface area contributed by atoms with Crippen molar-refractivity contribution in [3.63, 3.8) is 0 Å². The fourth-order valence-electron chi connectivity index (χ4n) is 2.04. The van der Waals surface area contributed by atoms with Crippen molar-refractivity contribution in [3.05, 3.63) is 29.8 Å². The number of carboxylic acid groups (broad SMARTS) is 1. The second-order valence-corrected chi connectivity index (χ2v) is 5.57. The van der Waals surface area contributed by atoms with E-state index in [1.54, 1.807) is 0 Å². The zero-order chi connectivity index (χ0) is 14.8. The zero-order valence-electron chi connectivity index (χ0n) is 11.8. The average Bonchev–Trinajstić information content (AvgIpc) is 3.08. The van der Waals surface area contributed by atoms with Gasteiger partial charge in [0.1, 0.15) is 0 Å². The summed E-state index contributed by atoms with van der Waals surface area (Å²) in [5.74, 6) is -0.908. The molecule has 1 aliphatic rings. The van der Waals surface area contributed by atoms with Crippen LogP contribution >= 0.6 is 0 Å². The summed E-state index contributed by atoms with van der Waals surface area (Å²) in [5, 5.41) is 11.8. The van der Waals surface area contributed by atoms with Gasteiger partial charge in [0.15, 0.2) is 0 Å². The van der Waals surface area contributed by atoms with Crippen LogP contribution < -0.4 is 10.2 Å². The number of benzene rings is 1. The molecule has 0 atom stereocenters. The van der Waals surface area contributed by atoms with Crippen LogP contribution in [0.3, 0.4) is 0 Å². The number of carbonyl (C=O) groups excluding carboxylic acids is 1. The molecule has 108 valence electrons. The normalized spacial score (nSPS) is 15.5. The number of carboxylic acids is 1. The Balaban J connectivity index is 2.17. The van der Waals surface area contributed by atoms with E-state index in [-0.39, 0.29) is 24.5 Å². The second-order valence-electron chi connectivity index (χ2n) is 5.57. The Labute approximate surface area is 118 Å². The van der Waals surface area contributed by atoms with Gasteiger partial charge in [-0.2, -0.15) is 0 Å². The zero-order valence-corrected chi connectivity index (χ0v) is 11.8. The summed E-state index contributed by atoms with van der Waals surface area (Å²) in [5.41, 5.74) is 1.59. The highest BCUT2D eigenvalue weighted by Crippen LogP contribution is 2.34. The minimum absolute atomic E-state index is 0.0710. The van der Waals surface area contributed by atoms with Crippen molar-refractivity contribution in [2.45, 2.75) is 38.6 Å². The molecule has 0 spiro atoms. The Morgan fingerprint density at radius 1 is 1.35 bits per heavy atom. The molecule has 0 unspecified atom stereocenters. The van der Waals surface area contributed by atoms with Gasteiger partial charge >= 0.3 is 12.0 Å². The Hall–Kier alpha value is -2.04. The summed E-state index contributed by atoms with van der Waals surface area (Å²) in [6.07, 6.45) is 1.87. The van der Waals surface area contributed by atoms with Crippen LogP contribution in [0.15, 0.2) is 24.3 Å². The highest BCUT2D eigenvalue weighted by Gasteiger charge is 2.40. The summed E-state index contributed by atoms with van der Waals surface area (Å²) in [6.45, 7) is 4.08. The van der Waals surface area contributed by atoms with Crippen molar-refractivity contribution >= 4 is 17.7 Å². The largest absolute Gasteiger partial charge is 0.481 e. The third kappa shape index (κ3) is 3.50. The Morgan fingerprint density at radius 2 is 2.00 bits per heavy atom. The van der Waals surface area contributed by atoms with Gasteiger partial charge in [-0.15, -0.1) is 0 Å². The van der Waals surface area contributed by atoms with Crippen molar-refractivity contribution in [1.29, 1.82) is 0 Å². The van der Waals surface area contributed by atoms with Gasteiger partial charge in [-0.3, -0.25) is 9.69 Å². The van der Waals surface area contributed by atoms with E-state index in [0.717, 1.165) is 24.1 Å². The van der Waals surface area contributed by atoms with Gasteiger partial charge in [0.2, 0.25) is 0 Å². The molecule has 1 aromatic carbocycles. The first-order valence-electron chi connectivity index (χ1n) is 6.78. The number of aryl methyl sites for hydroxylation is 1. The first-order valence-corrected chi connectivity index (χ1v) is 6.78. The highest BCUT2D eigenvalue weighted by atomic mass is 16.4. The summed E-state index contributed by atoms with van der Waals surface area (Å²) in [7, 11) is 0. The van der Waals surface area contributed by atoms with E-state index in [1.165, 1.54) is 4.90 Å². The van der Waals surface area contributed by atoms with Crippen LogP contribution in [0.25, 0.3) is 0 Å². The predicted octanol–water partition coefficient (Wildman–Crippen LogP) is 2.54. The lowest BCUT2D eigenvalue weighted by Crippen LogP contribution is -2.46. The highest BCUT2D eigenvalue weighted by molar-refractivity contribution is 5.94. The number of aliphatic carboxylic acids is 1. The lowest BCUT2D eigenvalue weighted by Gasteiger charge is -2.26. The van der Waals surface area contributed by atoms with Crippen molar-refractivity contribution in [3.8, 4) is 0 Å². The van der Waals surface area contributed by atoms with Gasteiger partial charge in [-0.25, -0.2) is 4.79 Å².